The molecule has 0 aliphatic carbocycles. The number of ether oxygens (including phenoxy) is 1. The van der Waals surface area contributed by atoms with Crippen molar-refractivity contribution in [1.29, 1.82) is 0 Å². The Morgan fingerprint density at radius 2 is 1.17 bits per heavy atom. The molecule has 0 saturated carbocycles. The van der Waals surface area contributed by atoms with Gasteiger partial charge < -0.3 is 15.4 Å². The van der Waals surface area contributed by atoms with Crippen molar-refractivity contribution in [2.24, 2.45) is 0 Å². The lowest BCUT2D eigenvalue weighted by Crippen LogP contribution is -2.19. The Labute approximate surface area is 207 Å². The lowest BCUT2D eigenvalue weighted by Gasteiger charge is -2.12. The maximum absolute atomic E-state index is 12.6. The zero-order valence-electron chi connectivity index (χ0n) is 19.4. The number of nitrogens with one attached hydrogen (secondary N) is 2. The molecule has 7 nitrogen and oxygen atoms in total. The van der Waals surface area contributed by atoms with Crippen LogP contribution in [0, 0.1) is 0 Å². The van der Waals surface area contributed by atoms with Crippen LogP contribution in [0.5, 0.6) is 0 Å². The van der Waals surface area contributed by atoms with Gasteiger partial charge in [0.05, 0.1) is 35.1 Å². The monoisotopic (exact) mass is 474 g/mol. The first kappa shape index (κ1) is 22.7. The van der Waals surface area contributed by atoms with Crippen LogP contribution in [-0.2, 0) is 4.74 Å². The molecule has 0 saturated heterocycles. The van der Waals surface area contributed by atoms with E-state index in [9.17, 15) is 9.59 Å². The van der Waals surface area contributed by atoms with Crippen molar-refractivity contribution in [2.45, 2.75) is 0 Å². The number of urea groups is 1. The fourth-order valence-corrected chi connectivity index (χ4v) is 3.83. The highest BCUT2D eigenvalue weighted by atomic mass is 16.5. The van der Waals surface area contributed by atoms with Gasteiger partial charge in [0, 0.05) is 22.5 Å². The molecule has 1 aromatic heterocycles. The van der Waals surface area contributed by atoms with Crippen LogP contribution >= 0.6 is 0 Å². The minimum atomic E-state index is -0.437. The summed E-state index contributed by atoms with van der Waals surface area (Å²) >= 11 is 0. The first-order valence-corrected chi connectivity index (χ1v) is 11.3. The molecule has 0 aliphatic heterocycles. The Kier molecular flexibility index (Phi) is 6.36. The Bertz CT molecular complexity index is 1540. The first-order chi connectivity index (χ1) is 17.6. The van der Waals surface area contributed by atoms with Gasteiger partial charge >= 0.3 is 12.0 Å². The molecule has 0 radical (unpaired) electrons. The number of carbonyl (C=O) groups excluding carboxylic acids is 2. The second-order valence-corrected chi connectivity index (χ2v) is 8.00. The summed E-state index contributed by atoms with van der Waals surface area (Å²) in [7, 11) is 1.32. The van der Waals surface area contributed by atoms with Gasteiger partial charge in [0.1, 0.15) is 0 Å². The van der Waals surface area contributed by atoms with E-state index in [0.717, 1.165) is 28.0 Å². The summed E-state index contributed by atoms with van der Waals surface area (Å²) in [5.74, 6) is -0.437. The smallest absolute Gasteiger partial charge is 0.337 e. The number of rotatable bonds is 5. The lowest BCUT2D eigenvalue weighted by molar-refractivity contribution is 0.0600. The van der Waals surface area contributed by atoms with E-state index in [-0.39, 0.29) is 0 Å². The van der Waals surface area contributed by atoms with Gasteiger partial charge in [-0.15, -0.1) is 0 Å². The van der Waals surface area contributed by atoms with E-state index in [1.807, 2.05) is 66.7 Å². The summed E-state index contributed by atoms with van der Waals surface area (Å²) < 4.78 is 4.69. The summed E-state index contributed by atoms with van der Waals surface area (Å²) in [6.07, 6.45) is 0. The van der Waals surface area contributed by atoms with Crippen LogP contribution in [0.15, 0.2) is 103 Å². The number of carbonyl (C=O) groups is 2. The number of benzene rings is 4. The predicted molar refractivity (Wildman–Crippen MR) is 141 cm³/mol. The van der Waals surface area contributed by atoms with E-state index in [2.05, 4.69) is 10.6 Å². The molecule has 0 unspecified atom stereocenters. The maximum Gasteiger partial charge on any atom is 0.337 e. The van der Waals surface area contributed by atoms with Gasteiger partial charge in [0.25, 0.3) is 0 Å². The molecule has 176 valence electrons. The number of aromatic nitrogens is 2. The molecule has 0 fully saturated rings. The van der Waals surface area contributed by atoms with Gasteiger partial charge in [-0.05, 0) is 42.5 Å². The zero-order valence-corrected chi connectivity index (χ0v) is 19.4. The summed E-state index contributed by atoms with van der Waals surface area (Å²) in [6.45, 7) is 0. The topological polar surface area (TPSA) is 93.2 Å². The Morgan fingerprint density at radius 1 is 0.639 bits per heavy atom. The van der Waals surface area contributed by atoms with Crippen molar-refractivity contribution in [3.63, 3.8) is 0 Å². The molecule has 7 heteroatoms. The van der Waals surface area contributed by atoms with Gasteiger partial charge in [0.15, 0.2) is 0 Å². The fourth-order valence-electron chi connectivity index (χ4n) is 3.83. The highest BCUT2D eigenvalue weighted by Crippen LogP contribution is 2.31. The SMILES string of the molecule is COC(=O)c1ccc(NC(=O)Nc2ccc3nc(-c4ccccc4)c(-c4ccccc4)nc3c2)cc1. The van der Waals surface area contributed by atoms with Crippen LogP contribution in [-0.4, -0.2) is 29.1 Å². The zero-order chi connectivity index (χ0) is 24.9. The molecule has 2 amide bonds. The number of esters is 1. The molecule has 0 aliphatic rings. The predicted octanol–water partition coefficient (Wildman–Crippen LogP) is 6.39. The number of hydrogen-bond acceptors (Lipinski definition) is 5. The molecule has 36 heavy (non-hydrogen) atoms. The average molecular weight is 475 g/mol. The lowest BCUT2D eigenvalue weighted by atomic mass is 10.0. The van der Waals surface area contributed by atoms with Crippen LogP contribution in [0.25, 0.3) is 33.5 Å². The van der Waals surface area contributed by atoms with Gasteiger partial charge in [0.2, 0.25) is 0 Å². The average Bonchev–Trinajstić information content (AvgIpc) is 2.93. The molecule has 1 heterocycles. The number of methoxy groups -OCH3 is 1. The van der Waals surface area contributed by atoms with E-state index in [0.29, 0.717) is 22.5 Å². The van der Waals surface area contributed by atoms with Crippen LogP contribution in [0.2, 0.25) is 0 Å². The molecule has 4 aromatic carbocycles. The third-order valence-corrected chi connectivity index (χ3v) is 5.58. The van der Waals surface area contributed by atoms with Crippen molar-refractivity contribution in [1.82, 2.24) is 9.97 Å². The molecule has 0 bridgehead atoms. The number of nitrogens with zero attached hydrogens (tertiary/aromatic N) is 2. The number of amides is 2. The molecule has 2 N–H and O–H groups in total. The Morgan fingerprint density at radius 3 is 1.75 bits per heavy atom. The highest BCUT2D eigenvalue weighted by molar-refractivity contribution is 6.01. The standard InChI is InChI=1S/C29H22N4O3/c1-36-28(34)21-12-14-22(15-13-21)30-29(35)31-23-16-17-24-25(18-23)33-27(20-10-6-3-7-11-20)26(32-24)19-8-4-2-5-9-19/h2-18H,1H3,(H2,30,31,35). The normalized spacial score (nSPS) is 10.6. The Hall–Kier alpha value is -5.04. The molecule has 0 atom stereocenters. The summed E-state index contributed by atoms with van der Waals surface area (Å²) in [5, 5.41) is 5.58. The van der Waals surface area contributed by atoms with E-state index in [4.69, 9.17) is 14.7 Å². The van der Waals surface area contributed by atoms with E-state index in [1.165, 1.54) is 7.11 Å². The summed E-state index contributed by atoms with van der Waals surface area (Å²) in [6, 6.07) is 31.3. The summed E-state index contributed by atoms with van der Waals surface area (Å²) in [5.41, 5.74) is 6.39. The maximum atomic E-state index is 12.6. The number of fused-ring (bicyclic) bond motifs is 1. The number of anilines is 2. The van der Waals surface area contributed by atoms with Gasteiger partial charge in [-0.3, -0.25) is 0 Å². The van der Waals surface area contributed by atoms with Crippen molar-refractivity contribution in [3.05, 3.63) is 109 Å². The third kappa shape index (κ3) is 4.90. The number of hydrogen-bond donors (Lipinski definition) is 2. The molecule has 0 spiro atoms. The fraction of sp³-hybridized carbons (Fsp3) is 0.0345. The van der Waals surface area contributed by atoms with Gasteiger partial charge in [-0.1, -0.05) is 60.7 Å². The van der Waals surface area contributed by atoms with Crippen LogP contribution in [0.3, 0.4) is 0 Å². The van der Waals surface area contributed by atoms with Crippen molar-refractivity contribution < 1.29 is 14.3 Å². The van der Waals surface area contributed by atoms with Crippen molar-refractivity contribution in [3.8, 4) is 22.5 Å². The third-order valence-electron chi connectivity index (χ3n) is 5.58. The minimum Gasteiger partial charge on any atom is -0.465 e. The highest BCUT2D eigenvalue weighted by Gasteiger charge is 2.14. The van der Waals surface area contributed by atoms with E-state index < -0.39 is 12.0 Å². The quantitative estimate of drug-likeness (QED) is 0.288. The molecule has 5 rings (SSSR count). The molecular formula is C29H22N4O3. The van der Waals surface area contributed by atoms with E-state index >= 15 is 0 Å². The molecule has 5 aromatic rings. The van der Waals surface area contributed by atoms with Crippen molar-refractivity contribution in [2.75, 3.05) is 17.7 Å². The van der Waals surface area contributed by atoms with Gasteiger partial charge in [-0.2, -0.15) is 0 Å². The Balaban J connectivity index is 1.43. The van der Waals surface area contributed by atoms with Crippen molar-refractivity contribution >= 4 is 34.4 Å². The van der Waals surface area contributed by atoms with E-state index in [1.54, 1.807) is 36.4 Å². The van der Waals surface area contributed by atoms with Gasteiger partial charge in [-0.25, -0.2) is 19.6 Å². The summed E-state index contributed by atoms with van der Waals surface area (Å²) in [4.78, 5) is 34.0. The second kappa shape index (κ2) is 10.1. The first-order valence-electron chi connectivity index (χ1n) is 11.3. The minimum absolute atomic E-state index is 0.403. The second-order valence-electron chi connectivity index (χ2n) is 8.00. The van der Waals surface area contributed by atoms with Crippen LogP contribution in [0.1, 0.15) is 10.4 Å². The van der Waals surface area contributed by atoms with Crippen LogP contribution < -0.4 is 10.6 Å². The molecular weight excluding hydrogens is 452 g/mol. The van der Waals surface area contributed by atoms with Crippen LogP contribution in [0.4, 0.5) is 16.2 Å². The largest absolute Gasteiger partial charge is 0.465 e.